The zero-order chi connectivity index (χ0) is 12.7. The maximum atomic E-state index is 5.59. The highest BCUT2D eigenvalue weighted by atomic mass is 16.7. The SMILES string of the molecule is CCOC(CCN(CC(C)C)C1CC1)OCC. The zero-order valence-corrected chi connectivity index (χ0v) is 11.9. The first kappa shape index (κ1) is 14.9. The summed E-state index contributed by atoms with van der Waals surface area (Å²) < 4.78 is 11.2. The lowest BCUT2D eigenvalue weighted by Crippen LogP contribution is -2.34. The van der Waals surface area contributed by atoms with Gasteiger partial charge in [-0.2, -0.15) is 0 Å². The van der Waals surface area contributed by atoms with E-state index in [1.165, 1.54) is 19.4 Å². The summed E-state index contributed by atoms with van der Waals surface area (Å²) in [7, 11) is 0. The topological polar surface area (TPSA) is 21.7 Å². The average Bonchev–Trinajstić information content (AvgIpc) is 3.07. The molecule has 1 saturated carbocycles. The van der Waals surface area contributed by atoms with E-state index in [0.717, 1.165) is 38.1 Å². The highest BCUT2D eigenvalue weighted by Crippen LogP contribution is 2.27. The van der Waals surface area contributed by atoms with Crippen LogP contribution in [-0.4, -0.2) is 43.5 Å². The minimum atomic E-state index is -0.0154. The molecule has 0 N–H and O–H groups in total. The number of hydrogen-bond acceptors (Lipinski definition) is 3. The highest BCUT2D eigenvalue weighted by Gasteiger charge is 2.29. The van der Waals surface area contributed by atoms with Crippen molar-refractivity contribution >= 4 is 0 Å². The lowest BCUT2D eigenvalue weighted by molar-refractivity contribution is -0.142. The van der Waals surface area contributed by atoms with Gasteiger partial charge in [0.25, 0.3) is 0 Å². The fraction of sp³-hybridized carbons (Fsp3) is 1.00. The summed E-state index contributed by atoms with van der Waals surface area (Å²) in [5.74, 6) is 0.744. The second-order valence-electron chi connectivity index (χ2n) is 5.25. The third-order valence-electron chi connectivity index (χ3n) is 3.02. The lowest BCUT2D eigenvalue weighted by atomic mass is 10.2. The standard InChI is InChI=1S/C14H29NO2/c1-5-16-14(17-6-2)9-10-15(11-12(3)4)13-7-8-13/h12-14H,5-11H2,1-4H3. The number of rotatable bonds is 10. The molecule has 0 aromatic heterocycles. The molecule has 0 spiro atoms. The van der Waals surface area contributed by atoms with Gasteiger partial charge in [0, 0.05) is 38.8 Å². The summed E-state index contributed by atoms with van der Waals surface area (Å²) in [4.78, 5) is 2.61. The van der Waals surface area contributed by atoms with Gasteiger partial charge in [-0.3, -0.25) is 4.90 Å². The highest BCUT2D eigenvalue weighted by molar-refractivity contribution is 4.84. The second kappa shape index (κ2) is 8.06. The van der Waals surface area contributed by atoms with E-state index in [0.29, 0.717) is 0 Å². The van der Waals surface area contributed by atoms with Crippen molar-refractivity contribution in [2.75, 3.05) is 26.3 Å². The lowest BCUT2D eigenvalue weighted by Gasteiger charge is -2.26. The van der Waals surface area contributed by atoms with E-state index in [4.69, 9.17) is 9.47 Å². The van der Waals surface area contributed by atoms with E-state index in [1.54, 1.807) is 0 Å². The predicted molar refractivity (Wildman–Crippen MR) is 71.1 cm³/mol. The first-order chi connectivity index (χ1) is 8.17. The van der Waals surface area contributed by atoms with Crippen LogP contribution in [0.1, 0.15) is 47.0 Å². The fourth-order valence-corrected chi connectivity index (χ4v) is 2.19. The van der Waals surface area contributed by atoms with Crippen LogP contribution in [0.5, 0.6) is 0 Å². The Labute approximate surface area is 106 Å². The molecule has 1 aliphatic carbocycles. The summed E-state index contributed by atoms with van der Waals surface area (Å²) in [6, 6.07) is 0.835. The predicted octanol–water partition coefficient (Wildman–Crippen LogP) is 2.90. The molecule has 17 heavy (non-hydrogen) atoms. The summed E-state index contributed by atoms with van der Waals surface area (Å²) in [6.45, 7) is 12.4. The van der Waals surface area contributed by atoms with E-state index in [-0.39, 0.29) is 6.29 Å². The van der Waals surface area contributed by atoms with E-state index in [2.05, 4.69) is 18.7 Å². The first-order valence-electron chi connectivity index (χ1n) is 7.14. The van der Waals surface area contributed by atoms with Crippen molar-refractivity contribution in [3.05, 3.63) is 0 Å². The first-order valence-corrected chi connectivity index (χ1v) is 7.14. The molecule has 0 saturated heterocycles. The molecule has 102 valence electrons. The second-order valence-corrected chi connectivity index (χ2v) is 5.25. The maximum Gasteiger partial charge on any atom is 0.158 e. The Morgan fingerprint density at radius 2 is 1.71 bits per heavy atom. The summed E-state index contributed by atoms with van der Waals surface area (Å²) in [5, 5.41) is 0. The molecule has 0 aromatic rings. The molecule has 0 aliphatic heterocycles. The third-order valence-corrected chi connectivity index (χ3v) is 3.02. The molecule has 0 aromatic carbocycles. The van der Waals surface area contributed by atoms with Gasteiger partial charge >= 0.3 is 0 Å². The Bertz CT molecular complexity index is 187. The molecular formula is C14H29NO2. The molecule has 0 bridgehead atoms. The van der Waals surface area contributed by atoms with Gasteiger partial charge in [0.2, 0.25) is 0 Å². The van der Waals surface area contributed by atoms with E-state index >= 15 is 0 Å². The molecule has 3 heteroatoms. The third kappa shape index (κ3) is 6.39. The molecule has 1 rings (SSSR count). The Hall–Kier alpha value is -0.120. The fourth-order valence-electron chi connectivity index (χ4n) is 2.19. The minimum absolute atomic E-state index is 0.0154. The van der Waals surface area contributed by atoms with Crippen LogP contribution in [-0.2, 0) is 9.47 Å². The van der Waals surface area contributed by atoms with Gasteiger partial charge in [-0.25, -0.2) is 0 Å². The molecule has 1 fully saturated rings. The van der Waals surface area contributed by atoms with Crippen LogP contribution >= 0.6 is 0 Å². The van der Waals surface area contributed by atoms with Crippen LogP contribution < -0.4 is 0 Å². The van der Waals surface area contributed by atoms with Crippen molar-refractivity contribution in [1.82, 2.24) is 4.90 Å². The van der Waals surface area contributed by atoms with Crippen molar-refractivity contribution in [3.63, 3.8) is 0 Å². The van der Waals surface area contributed by atoms with Crippen molar-refractivity contribution in [2.24, 2.45) is 5.92 Å². The van der Waals surface area contributed by atoms with Crippen LogP contribution in [0.15, 0.2) is 0 Å². The van der Waals surface area contributed by atoms with Gasteiger partial charge in [0.15, 0.2) is 6.29 Å². The summed E-state index contributed by atoms with van der Waals surface area (Å²) in [6.07, 6.45) is 3.73. The van der Waals surface area contributed by atoms with Crippen molar-refractivity contribution < 1.29 is 9.47 Å². The van der Waals surface area contributed by atoms with E-state index < -0.39 is 0 Å². The smallest absolute Gasteiger partial charge is 0.158 e. The van der Waals surface area contributed by atoms with Crippen LogP contribution in [0.25, 0.3) is 0 Å². The largest absolute Gasteiger partial charge is 0.353 e. The van der Waals surface area contributed by atoms with Gasteiger partial charge in [-0.15, -0.1) is 0 Å². The minimum Gasteiger partial charge on any atom is -0.353 e. The van der Waals surface area contributed by atoms with Crippen LogP contribution in [0.2, 0.25) is 0 Å². The molecular weight excluding hydrogens is 214 g/mol. The van der Waals surface area contributed by atoms with Crippen molar-refractivity contribution in [1.29, 1.82) is 0 Å². The van der Waals surface area contributed by atoms with Crippen LogP contribution in [0.3, 0.4) is 0 Å². The Morgan fingerprint density at radius 1 is 1.12 bits per heavy atom. The van der Waals surface area contributed by atoms with E-state index in [1.807, 2.05) is 13.8 Å². The Kier molecular flexibility index (Phi) is 7.09. The maximum absolute atomic E-state index is 5.59. The van der Waals surface area contributed by atoms with E-state index in [9.17, 15) is 0 Å². The molecule has 0 radical (unpaired) electrons. The molecule has 3 nitrogen and oxygen atoms in total. The number of nitrogens with zero attached hydrogens (tertiary/aromatic N) is 1. The Morgan fingerprint density at radius 3 is 2.12 bits per heavy atom. The number of ether oxygens (including phenoxy) is 2. The van der Waals surface area contributed by atoms with Gasteiger partial charge in [-0.1, -0.05) is 13.8 Å². The molecule has 0 unspecified atom stereocenters. The van der Waals surface area contributed by atoms with Crippen molar-refractivity contribution in [3.8, 4) is 0 Å². The van der Waals surface area contributed by atoms with Gasteiger partial charge in [-0.05, 0) is 32.6 Å². The Balaban J connectivity index is 2.27. The molecule has 0 amide bonds. The number of hydrogen-bond donors (Lipinski definition) is 0. The normalized spacial score (nSPS) is 16.4. The quantitative estimate of drug-likeness (QED) is 0.551. The average molecular weight is 243 g/mol. The van der Waals surface area contributed by atoms with Gasteiger partial charge < -0.3 is 9.47 Å². The molecule has 1 aliphatic rings. The van der Waals surface area contributed by atoms with Crippen LogP contribution in [0, 0.1) is 5.92 Å². The van der Waals surface area contributed by atoms with Crippen molar-refractivity contribution in [2.45, 2.75) is 59.3 Å². The molecule has 0 atom stereocenters. The van der Waals surface area contributed by atoms with Gasteiger partial charge in [0.05, 0.1) is 0 Å². The zero-order valence-electron chi connectivity index (χ0n) is 11.9. The summed E-state index contributed by atoms with van der Waals surface area (Å²) >= 11 is 0. The summed E-state index contributed by atoms with van der Waals surface area (Å²) in [5.41, 5.74) is 0. The molecule has 0 heterocycles. The van der Waals surface area contributed by atoms with Crippen LogP contribution in [0.4, 0.5) is 0 Å². The van der Waals surface area contributed by atoms with Gasteiger partial charge in [0.1, 0.15) is 0 Å². The monoisotopic (exact) mass is 243 g/mol.